The Kier molecular flexibility index (Phi) is 6.76. The molecule has 1 saturated carbocycles. The van der Waals surface area contributed by atoms with Crippen LogP contribution in [-0.4, -0.2) is 12.6 Å². The Hall–Kier alpha value is -0.820. The minimum atomic E-state index is 0.378. The number of rotatable bonds is 8. The van der Waals surface area contributed by atoms with Crippen LogP contribution in [0.15, 0.2) is 30.3 Å². The zero-order chi connectivity index (χ0) is 15.0. The van der Waals surface area contributed by atoms with Crippen molar-refractivity contribution in [3.63, 3.8) is 0 Å². The van der Waals surface area contributed by atoms with Gasteiger partial charge < -0.3 is 5.32 Å². The molecule has 0 spiro atoms. The van der Waals surface area contributed by atoms with Crippen LogP contribution in [0.25, 0.3) is 0 Å². The Labute approximate surface area is 131 Å². The standard InChI is InChI=1S/C20H33N/c1-3-5-8-15-19(21-4-2)20(16-11-7-12-17-20)18-13-9-6-10-14-18/h6,9-10,13-14,19,21H,3-5,7-8,11-12,15-17H2,1-2H3. The first-order chi connectivity index (χ1) is 10.3. The fourth-order valence-electron chi connectivity index (χ4n) is 4.21. The van der Waals surface area contributed by atoms with Crippen molar-refractivity contribution in [3.05, 3.63) is 35.9 Å². The molecule has 1 aromatic rings. The van der Waals surface area contributed by atoms with Crippen LogP contribution in [0.2, 0.25) is 0 Å². The van der Waals surface area contributed by atoms with Gasteiger partial charge in [0.1, 0.15) is 0 Å². The molecule has 0 bridgehead atoms. The van der Waals surface area contributed by atoms with Crippen LogP contribution >= 0.6 is 0 Å². The van der Waals surface area contributed by atoms with Crippen molar-refractivity contribution in [2.45, 2.75) is 83.1 Å². The Morgan fingerprint density at radius 1 is 1.00 bits per heavy atom. The summed E-state index contributed by atoms with van der Waals surface area (Å²) < 4.78 is 0. The minimum absolute atomic E-state index is 0.378. The van der Waals surface area contributed by atoms with E-state index in [1.165, 1.54) is 57.8 Å². The van der Waals surface area contributed by atoms with Crippen LogP contribution in [0.3, 0.4) is 0 Å². The smallest absolute Gasteiger partial charge is 0.0164 e. The monoisotopic (exact) mass is 287 g/mol. The minimum Gasteiger partial charge on any atom is -0.313 e. The molecule has 1 heteroatoms. The lowest BCUT2D eigenvalue weighted by Gasteiger charge is -2.45. The number of benzene rings is 1. The second kappa shape index (κ2) is 8.58. The first-order valence-electron chi connectivity index (χ1n) is 9.12. The van der Waals surface area contributed by atoms with E-state index in [0.717, 1.165) is 6.54 Å². The van der Waals surface area contributed by atoms with E-state index >= 15 is 0 Å². The molecule has 0 saturated heterocycles. The first-order valence-corrected chi connectivity index (χ1v) is 9.12. The molecule has 21 heavy (non-hydrogen) atoms. The van der Waals surface area contributed by atoms with Gasteiger partial charge in [-0.1, -0.05) is 82.7 Å². The maximum atomic E-state index is 3.85. The lowest BCUT2D eigenvalue weighted by atomic mass is 9.64. The molecule has 1 aromatic carbocycles. The number of nitrogens with one attached hydrogen (secondary N) is 1. The maximum Gasteiger partial charge on any atom is 0.0164 e. The van der Waals surface area contributed by atoms with Gasteiger partial charge >= 0.3 is 0 Å². The average Bonchev–Trinajstić information content (AvgIpc) is 2.56. The Balaban J connectivity index is 2.23. The zero-order valence-corrected chi connectivity index (χ0v) is 14.0. The third-order valence-corrected chi connectivity index (χ3v) is 5.31. The van der Waals surface area contributed by atoms with Gasteiger partial charge in [0.25, 0.3) is 0 Å². The lowest BCUT2D eigenvalue weighted by Crippen LogP contribution is -2.49. The summed E-state index contributed by atoms with van der Waals surface area (Å²) >= 11 is 0. The van der Waals surface area contributed by atoms with Gasteiger partial charge in [0.2, 0.25) is 0 Å². The van der Waals surface area contributed by atoms with Crippen LogP contribution in [-0.2, 0) is 5.41 Å². The van der Waals surface area contributed by atoms with Gasteiger partial charge in [-0.3, -0.25) is 0 Å². The van der Waals surface area contributed by atoms with Crippen LogP contribution in [0.5, 0.6) is 0 Å². The molecular weight excluding hydrogens is 254 g/mol. The van der Waals surface area contributed by atoms with E-state index in [4.69, 9.17) is 0 Å². The number of likely N-dealkylation sites (N-methyl/N-ethyl adjacent to an activating group) is 1. The molecule has 0 amide bonds. The molecule has 1 fully saturated rings. The summed E-state index contributed by atoms with van der Waals surface area (Å²) in [6.45, 7) is 5.65. The van der Waals surface area contributed by atoms with Crippen molar-refractivity contribution in [2.75, 3.05) is 6.54 Å². The van der Waals surface area contributed by atoms with Gasteiger partial charge in [-0.2, -0.15) is 0 Å². The topological polar surface area (TPSA) is 12.0 Å². The van der Waals surface area contributed by atoms with E-state index in [-0.39, 0.29) is 0 Å². The summed E-state index contributed by atoms with van der Waals surface area (Å²) in [6.07, 6.45) is 12.3. The maximum absolute atomic E-state index is 3.85. The van der Waals surface area contributed by atoms with Crippen molar-refractivity contribution >= 4 is 0 Å². The first kappa shape index (κ1) is 16.5. The highest BCUT2D eigenvalue weighted by molar-refractivity contribution is 5.28. The second-order valence-corrected chi connectivity index (χ2v) is 6.69. The molecule has 1 nitrogen and oxygen atoms in total. The quantitative estimate of drug-likeness (QED) is 0.627. The summed E-state index contributed by atoms with van der Waals surface area (Å²) in [4.78, 5) is 0. The molecule has 1 aliphatic rings. The van der Waals surface area contributed by atoms with E-state index in [1.54, 1.807) is 5.56 Å². The Morgan fingerprint density at radius 3 is 2.33 bits per heavy atom. The van der Waals surface area contributed by atoms with E-state index < -0.39 is 0 Å². The largest absolute Gasteiger partial charge is 0.313 e. The van der Waals surface area contributed by atoms with Gasteiger partial charge in [0.05, 0.1) is 0 Å². The third-order valence-electron chi connectivity index (χ3n) is 5.31. The van der Waals surface area contributed by atoms with Crippen LogP contribution in [0.4, 0.5) is 0 Å². The Morgan fingerprint density at radius 2 is 1.71 bits per heavy atom. The van der Waals surface area contributed by atoms with Crippen molar-refractivity contribution in [1.29, 1.82) is 0 Å². The van der Waals surface area contributed by atoms with Gasteiger partial charge in [-0.15, -0.1) is 0 Å². The van der Waals surface area contributed by atoms with E-state index in [0.29, 0.717) is 11.5 Å². The number of unbranched alkanes of at least 4 members (excludes halogenated alkanes) is 2. The summed E-state index contributed by atoms with van der Waals surface area (Å²) in [7, 11) is 0. The average molecular weight is 287 g/mol. The summed E-state index contributed by atoms with van der Waals surface area (Å²) in [6, 6.07) is 12.0. The van der Waals surface area contributed by atoms with Crippen molar-refractivity contribution in [1.82, 2.24) is 5.32 Å². The molecule has 2 rings (SSSR count). The highest BCUT2D eigenvalue weighted by Crippen LogP contribution is 2.43. The van der Waals surface area contributed by atoms with Crippen LogP contribution < -0.4 is 5.32 Å². The van der Waals surface area contributed by atoms with Gasteiger partial charge in [0, 0.05) is 11.5 Å². The number of hydrogen-bond donors (Lipinski definition) is 1. The predicted octanol–water partition coefficient (Wildman–Crippen LogP) is 5.45. The fraction of sp³-hybridized carbons (Fsp3) is 0.700. The number of hydrogen-bond acceptors (Lipinski definition) is 1. The van der Waals surface area contributed by atoms with Crippen LogP contribution in [0.1, 0.15) is 77.2 Å². The zero-order valence-electron chi connectivity index (χ0n) is 14.0. The molecule has 0 radical (unpaired) electrons. The molecule has 0 aliphatic heterocycles. The van der Waals surface area contributed by atoms with Gasteiger partial charge in [0.15, 0.2) is 0 Å². The SMILES string of the molecule is CCCCCC(NCC)C1(c2ccccc2)CCCCC1. The highest BCUT2D eigenvalue weighted by Gasteiger charge is 2.40. The van der Waals surface area contributed by atoms with E-state index in [2.05, 4.69) is 49.5 Å². The molecule has 1 aliphatic carbocycles. The predicted molar refractivity (Wildman–Crippen MR) is 92.8 cm³/mol. The van der Waals surface area contributed by atoms with E-state index in [1.807, 2.05) is 0 Å². The fourth-order valence-corrected chi connectivity index (χ4v) is 4.21. The molecule has 118 valence electrons. The molecule has 1 N–H and O–H groups in total. The highest BCUT2D eigenvalue weighted by atomic mass is 14.9. The van der Waals surface area contributed by atoms with Crippen LogP contribution in [0, 0.1) is 0 Å². The second-order valence-electron chi connectivity index (χ2n) is 6.69. The summed E-state index contributed by atoms with van der Waals surface area (Å²) in [5.41, 5.74) is 1.95. The summed E-state index contributed by atoms with van der Waals surface area (Å²) in [5, 5.41) is 3.85. The lowest BCUT2D eigenvalue weighted by molar-refractivity contribution is 0.202. The molecular formula is C20H33N. The van der Waals surface area contributed by atoms with E-state index in [9.17, 15) is 0 Å². The van der Waals surface area contributed by atoms with Gasteiger partial charge in [-0.25, -0.2) is 0 Å². The van der Waals surface area contributed by atoms with Crippen molar-refractivity contribution in [3.8, 4) is 0 Å². The third kappa shape index (κ3) is 4.10. The Bertz CT molecular complexity index is 378. The molecule has 1 atom stereocenters. The summed E-state index contributed by atoms with van der Waals surface area (Å²) in [5.74, 6) is 0. The van der Waals surface area contributed by atoms with Gasteiger partial charge in [-0.05, 0) is 31.4 Å². The normalized spacial score (nSPS) is 19.3. The van der Waals surface area contributed by atoms with Crippen molar-refractivity contribution in [2.24, 2.45) is 0 Å². The van der Waals surface area contributed by atoms with Crippen molar-refractivity contribution < 1.29 is 0 Å². The molecule has 0 aromatic heterocycles. The molecule has 1 unspecified atom stereocenters. The molecule has 0 heterocycles.